The molecule has 3 N–H and O–H groups in total. The van der Waals surface area contributed by atoms with Gasteiger partial charge in [0.1, 0.15) is 5.75 Å². The van der Waals surface area contributed by atoms with Gasteiger partial charge in [0.2, 0.25) is 11.8 Å². The van der Waals surface area contributed by atoms with Gasteiger partial charge in [-0.3, -0.25) is 9.59 Å². The summed E-state index contributed by atoms with van der Waals surface area (Å²) in [4.78, 5) is 24.1. The summed E-state index contributed by atoms with van der Waals surface area (Å²) in [6, 6.07) is 23.3. The summed E-state index contributed by atoms with van der Waals surface area (Å²) in [6.45, 7) is 4.43. The molecule has 0 fully saturated rings. The van der Waals surface area contributed by atoms with Gasteiger partial charge in [0.15, 0.2) is 0 Å². The Morgan fingerprint density at radius 1 is 0.848 bits per heavy atom. The number of carbonyl (C=O) groups is 2. The van der Waals surface area contributed by atoms with Crippen molar-refractivity contribution < 1.29 is 14.3 Å². The SMILES string of the molecule is CCC(=O)Nc1cccc(NCC(=O)Nc2cccc(OCCCc3ccccc3)c2)c1C. The molecule has 0 aliphatic heterocycles. The molecular formula is C27H31N3O3. The number of carbonyl (C=O) groups excluding carboxylic acids is 2. The molecule has 0 bridgehead atoms. The minimum atomic E-state index is -0.168. The third kappa shape index (κ3) is 7.68. The number of hydrogen-bond donors (Lipinski definition) is 3. The summed E-state index contributed by atoms with van der Waals surface area (Å²) < 4.78 is 5.85. The van der Waals surface area contributed by atoms with E-state index >= 15 is 0 Å². The maximum Gasteiger partial charge on any atom is 0.243 e. The number of rotatable bonds is 11. The Labute approximate surface area is 195 Å². The van der Waals surface area contributed by atoms with E-state index in [9.17, 15) is 9.59 Å². The predicted molar refractivity (Wildman–Crippen MR) is 134 cm³/mol. The second kappa shape index (κ2) is 12.3. The molecule has 3 aromatic carbocycles. The van der Waals surface area contributed by atoms with E-state index in [0.717, 1.165) is 35.5 Å². The van der Waals surface area contributed by atoms with Crippen molar-refractivity contribution in [2.24, 2.45) is 0 Å². The maximum absolute atomic E-state index is 12.5. The summed E-state index contributed by atoms with van der Waals surface area (Å²) in [7, 11) is 0. The van der Waals surface area contributed by atoms with E-state index in [1.54, 1.807) is 0 Å². The van der Waals surface area contributed by atoms with E-state index in [1.807, 2.05) is 74.5 Å². The Morgan fingerprint density at radius 3 is 2.39 bits per heavy atom. The third-order valence-corrected chi connectivity index (χ3v) is 5.21. The van der Waals surface area contributed by atoms with E-state index in [-0.39, 0.29) is 18.4 Å². The van der Waals surface area contributed by atoms with Crippen LogP contribution in [0.2, 0.25) is 0 Å². The fourth-order valence-corrected chi connectivity index (χ4v) is 3.36. The molecule has 6 heteroatoms. The number of aryl methyl sites for hydroxylation is 1. The zero-order chi connectivity index (χ0) is 23.5. The molecule has 0 saturated heterocycles. The van der Waals surface area contributed by atoms with E-state index in [0.29, 0.717) is 18.7 Å². The molecule has 3 aromatic rings. The second-order valence-electron chi connectivity index (χ2n) is 7.75. The monoisotopic (exact) mass is 445 g/mol. The number of ether oxygens (including phenoxy) is 1. The fraction of sp³-hybridized carbons (Fsp3) is 0.259. The largest absolute Gasteiger partial charge is 0.494 e. The predicted octanol–water partition coefficient (Wildman–Crippen LogP) is 5.41. The van der Waals surface area contributed by atoms with Gasteiger partial charge in [-0.15, -0.1) is 0 Å². The van der Waals surface area contributed by atoms with Crippen molar-refractivity contribution in [1.29, 1.82) is 0 Å². The first-order valence-corrected chi connectivity index (χ1v) is 11.2. The normalized spacial score (nSPS) is 10.4. The zero-order valence-electron chi connectivity index (χ0n) is 19.2. The van der Waals surface area contributed by atoms with Crippen LogP contribution in [0.4, 0.5) is 17.1 Å². The summed E-state index contributed by atoms with van der Waals surface area (Å²) in [5.74, 6) is 0.512. The maximum atomic E-state index is 12.5. The second-order valence-corrected chi connectivity index (χ2v) is 7.75. The smallest absolute Gasteiger partial charge is 0.243 e. The molecule has 0 aliphatic rings. The van der Waals surface area contributed by atoms with Crippen molar-refractivity contribution in [2.45, 2.75) is 33.1 Å². The van der Waals surface area contributed by atoms with Gasteiger partial charge in [-0.25, -0.2) is 0 Å². The van der Waals surface area contributed by atoms with Gasteiger partial charge in [-0.2, -0.15) is 0 Å². The molecule has 0 heterocycles. The summed E-state index contributed by atoms with van der Waals surface area (Å²) in [5.41, 5.74) is 4.41. The summed E-state index contributed by atoms with van der Waals surface area (Å²) in [5, 5.41) is 8.91. The molecule has 172 valence electrons. The van der Waals surface area contributed by atoms with Gasteiger partial charge in [-0.05, 0) is 55.2 Å². The van der Waals surface area contributed by atoms with Crippen molar-refractivity contribution in [3.63, 3.8) is 0 Å². The highest BCUT2D eigenvalue weighted by Gasteiger charge is 2.09. The van der Waals surface area contributed by atoms with Gasteiger partial charge >= 0.3 is 0 Å². The van der Waals surface area contributed by atoms with Crippen LogP contribution in [0.15, 0.2) is 72.8 Å². The molecule has 0 atom stereocenters. The fourth-order valence-electron chi connectivity index (χ4n) is 3.36. The first-order chi connectivity index (χ1) is 16.0. The van der Waals surface area contributed by atoms with Gasteiger partial charge in [0, 0.05) is 29.5 Å². The van der Waals surface area contributed by atoms with Gasteiger partial charge in [0.05, 0.1) is 13.2 Å². The Hall–Kier alpha value is -3.80. The number of benzene rings is 3. The average Bonchev–Trinajstić information content (AvgIpc) is 2.83. The van der Waals surface area contributed by atoms with Crippen molar-refractivity contribution >= 4 is 28.9 Å². The molecule has 0 aliphatic carbocycles. The minimum Gasteiger partial charge on any atom is -0.494 e. The molecule has 2 amide bonds. The van der Waals surface area contributed by atoms with Crippen LogP contribution >= 0.6 is 0 Å². The van der Waals surface area contributed by atoms with Crippen LogP contribution in [0, 0.1) is 6.92 Å². The van der Waals surface area contributed by atoms with Crippen molar-refractivity contribution in [3.05, 3.63) is 83.9 Å². The molecular weight excluding hydrogens is 414 g/mol. The Balaban J connectivity index is 1.47. The van der Waals surface area contributed by atoms with E-state index in [2.05, 4.69) is 28.1 Å². The minimum absolute atomic E-state index is 0.0461. The van der Waals surface area contributed by atoms with Crippen LogP contribution in [-0.4, -0.2) is 25.0 Å². The Bertz CT molecular complexity index is 1070. The lowest BCUT2D eigenvalue weighted by molar-refractivity contribution is -0.116. The third-order valence-electron chi connectivity index (χ3n) is 5.21. The zero-order valence-corrected chi connectivity index (χ0v) is 19.2. The lowest BCUT2D eigenvalue weighted by Crippen LogP contribution is -2.22. The van der Waals surface area contributed by atoms with Crippen LogP contribution in [0.3, 0.4) is 0 Å². The van der Waals surface area contributed by atoms with Crippen molar-refractivity contribution in [2.75, 3.05) is 29.1 Å². The molecule has 3 rings (SSSR count). The molecule has 0 radical (unpaired) electrons. The standard InChI is InChI=1S/C27H31N3O3/c1-3-26(31)30-25-16-8-15-24(20(25)2)28-19-27(32)29-22-13-7-14-23(18-22)33-17-9-12-21-10-5-4-6-11-21/h4-8,10-11,13-16,18,28H,3,9,12,17,19H2,1-2H3,(H,29,32)(H,30,31). The highest BCUT2D eigenvalue weighted by Crippen LogP contribution is 2.23. The molecule has 0 saturated carbocycles. The topological polar surface area (TPSA) is 79.5 Å². The lowest BCUT2D eigenvalue weighted by atomic mass is 10.1. The Kier molecular flexibility index (Phi) is 8.88. The molecule has 33 heavy (non-hydrogen) atoms. The van der Waals surface area contributed by atoms with Gasteiger partial charge in [-0.1, -0.05) is 49.4 Å². The van der Waals surface area contributed by atoms with Crippen molar-refractivity contribution in [1.82, 2.24) is 0 Å². The Morgan fingerprint density at radius 2 is 1.61 bits per heavy atom. The molecule has 0 aromatic heterocycles. The van der Waals surface area contributed by atoms with Crippen molar-refractivity contribution in [3.8, 4) is 5.75 Å². The number of anilines is 3. The summed E-state index contributed by atoms with van der Waals surface area (Å²) >= 11 is 0. The number of nitrogens with one attached hydrogen (secondary N) is 3. The quantitative estimate of drug-likeness (QED) is 0.345. The molecule has 6 nitrogen and oxygen atoms in total. The molecule has 0 unspecified atom stereocenters. The van der Waals surface area contributed by atoms with E-state index < -0.39 is 0 Å². The van der Waals surface area contributed by atoms with E-state index in [4.69, 9.17) is 4.74 Å². The first kappa shape index (κ1) is 23.9. The van der Waals surface area contributed by atoms with Gasteiger partial charge < -0.3 is 20.7 Å². The highest BCUT2D eigenvalue weighted by molar-refractivity contribution is 5.95. The summed E-state index contributed by atoms with van der Waals surface area (Å²) in [6.07, 6.45) is 2.29. The first-order valence-electron chi connectivity index (χ1n) is 11.2. The van der Waals surface area contributed by atoms with Crippen LogP contribution in [0.5, 0.6) is 5.75 Å². The van der Waals surface area contributed by atoms with Crippen LogP contribution in [0.1, 0.15) is 30.9 Å². The lowest BCUT2D eigenvalue weighted by Gasteiger charge is -2.14. The highest BCUT2D eigenvalue weighted by atomic mass is 16.5. The van der Waals surface area contributed by atoms with Crippen LogP contribution in [-0.2, 0) is 16.0 Å². The van der Waals surface area contributed by atoms with E-state index in [1.165, 1.54) is 5.56 Å². The number of amides is 2. The van der Waals surface area contributed by atoms with Crippen LogP contribution in [0.25, 0.3) is 0 Å². The van der Waals surface area contributed by atoms with Gasteiger partial charge in [0.25, 0.3) is 0 Å². The molecule has 0 spiro atoms. The average molecular weight is 446 g/mol. The number of hydrogen-bond acceptors (Lipinski definition) is 4. The van der Waals surface area contributed by atoms with Crippen LogP contribution < -0.4 is 20.7 Å².